The van der Waals surface area contributed by atoms with E-state index in [4.69, 9.17) is 0 Å². The number of benzene rings is 1. The molecule has 4 rings (SSSR count). The van der Waals surface area contributed by atoms with Gasteiger partial charge in [-0.15, -0.1) is 0 Å². The lowest BCUT2D eigenvalue weighted by atomic mass is 10.1. The number of alkyl halides is 3. The third kappa shape index (κ3) is 3.78. The largest absolute Gasteiger partial charge is 0.418 e. The van der Waals surface area contributed by atoms with E-state index in [0.717, 1.165) is 0 Å². The number of hydrogen-bond acceptors (Lipinski definition) is 3. The normalized spacial score (nSPS) is 18.8. The van der Waals surface area contributed by atoms with Crippen molar-refractivity contribution in [3.8, 4) is 0 Å². The van der Waals surface area contributed by atoms with Crippen molar-refractivity contribution in [3.05, 3.63) is 102 Å². The fraction of sp³-hybridized carbons (Fsp3) is 0.143. The second-order valence-corrected chi connectivity index (χ2v) is 6.73. The van der Waals surface area contributed by atoms with Gasteiger partial charge in [-0.2, -0.15) is 13.2 Å². The van der Waals surface area contributed by atoms with E-state index in [2.05, 4.69) is 15.6 Å². The van der Waals surface area contributed by atoms with Gasteiger partial charge in [-0.1, -0.05) is 24.3 Å². The maximum atomic E-state index is 13.6. The molecule has 0 bridgehead atoms. The molecule has 0 fully saturated rings. The molecule has 0 saturated carbocycles. The average molecular weight is 417 g/mol. The van der Waals surface area contributed by atoms with Gasteiger partial charge in [-0.3, -0.25) is 4.79 Å². The molecule has 1 amide bonds. The molecule has 154 valence electrons. The molecule has 2 aromatic rings. The molecule has 30 heavy (non-hydrogen) atoms. The lowest BCUT2D eigenvalue weighted by Gasteiger charge is -2.26. The number of halogens is 4. The van der Waals surface area contributed by atoms with E-state index >= 15 is 0 Å². The molecule has 3 heterocycles. The van der Waals surface area contributed by atoms with Gasteiger partial charge in [0.15, 0.2) is 6.20 Å². The van der Waals surface area contributed by atoms with Crippen LogP contribution in [0.3, 0.4) is 0 Å². The summed E-state index contributed by atoms with van der Waals surface area (Å²) in [6.07, 6.45) is 2.84. The highest BCUT2D eigenvalue weighted by Crippen LogP contribution is 2.35. The van der Waals surface area contributed by atoms with Gasteiger partial charge in [0.1, 0.15) is 17.7 Å². The van der Waals surface area contributed by atoms with E-state index in [1.165, 1.54) is 30.5 Å². The number of carbonyl (C=O) groups is 1. The summed E-state index contributed by atoms with van der Waals surface area (Å²) in [4.78, 5) is 17.1. The van der Waals surface area contributed by atoms with Crippen LogP contribution < -0.4 is 15.6 Å². The Morgan fingerprint density at radius 2 is 1.90 bits per heavy atom. The Balaban J connectivity index is 1.63. The second-order valence-electron chi connectivity index (χ2n) is 6.73. The highest BCUT2D eigenvalue weighted by molar-refractivity contribution is 5.95. The monoisotopic (exact) mass is 417 g/mol. The van der Waals surface area contributed by atoms with Crippen LogP contribution in [0, 0.1) is 5.82 Å². The number of allylic oxidation sites excluding steroid dienone is 3. The number of nitrogens with one attached hydrogen (secondary N) is 3. The third-order valence-electron chi connectivity index (χ3n) is 4.77. The maximum Gasteiger partial charge on any atom is 0.418 e. The molecule has 3 N–H and O–H groups in total. The molecular weight excluding hydrogens is 400 g/mol. The van der Waals surface area contributed by atoms with Crippen molar-refractivity contribution < 1.29 is 27.3 Å². The Hall–Kier alpha value is -3.62. The first kappa shape index (κ1) is 19.7. The number of carbonyl (C=O) groups excluding carboxylic acids is 1. The molecule has 2 aliphatic rings. The fourth-order valence-corrected chi connectivity index (χ4v) is 3.37. The predicted octanol–water partition coefficient (Wildman–Crippen LogP) is 3.26. The van der Waals surface area contributed by atoms with E-state index in [1.807, 2.05) is 0 Å². The van der Waals surface area contributed by atoms with Gasteiger partial charge in [-0.25, -0.2) is 9.37 Å². The topological polar surface area (TPSA) is 58.5 Å². The van der Waals surface area contributed by atoms with Crippen LogP contribution in [0.5, 0.6) is 0 Å². The molecule has 5 nitrogen and oxygen atoms in total. The molecule has 2 atom stereocenters. The zero-order chi connectivity index (χ0) is 21.3. The maximum absolute atomic E-state index is 13.6. The van der Waals surface area contributed by atoms with Gasteiger partial charge in [0.25, 0.3) is 5.91 Å². The van der Waals surface area contributed by atoms with Crippen LogP contribution in [0.1, 0.15) is 23.5 Å². The van der Waals surface area contributed by atoms with E-state index in [9.17, 15) is 22.4 Å². The number of fused-ring (bicyclic) bond motifs is 1. The summed E-state index contributed by atoms with van der Waals surface area (Å²) < 4.78 is 54.2. The number of pyridine rings is 1. The minimum absolute atomic E-state index is 0.00453. The SMILES string of the molecule is O=C(NC(c1cccc[nH+]1)C(F)(F)F)C1=C2C=CC=CN2C(c2ccc(F)cc2)N1. The zero-order valence-corrected chi connectivity index (χ0v) is 15.5. The number of rotatable bonds is 4. The zero-order valence-electron chi connectivity index (χ0n) is 15.5. The molecule has 1 aromatic carbocycles. The first-order valence-corrected chi connectivity index (χ1v) is 9.08. The summed E-state index contributed by atoms with van der Waals surface area (Å²) in [5.41, 5.74) is 0.880. The Kier molecular flexibility index (Phi) is 5.03. The molecular formula is C21H17F4N4O+. The fourth-order valence-electron chi connectivity index (χ4n) is 3.37. The highest BCUT2D eigenvalue weighted by Gasteiger charge is 2.47. The number of amides is 1. The molecule has 0 spiro atoms. The number of nitrogens with zero attached hydrogens (tertiary/aromatic N) is 1. The summed E-state index contributed by atoms with van der Waals surface area (Å²) in [5.74, 6) is -1.32. The number of aromatic amines is 1. The molecule has 2 unspecified atom stereocenters. The van der Waals surface area contributed by atoms with Crippen LogP contribution in [0.2, 0.25) is 0 Å². The molecule has 0 radical (unpaired) electrons. The van der Waals surface area contributed by atoms with Crippen molar-refractivity contribution in [3.63, 3.8) is 0 Å². The van der Waals surface area contributed by atoms with Crippen LogP contribution in [-0.4, -0.2) is 17.0 Å². The van der Waals surface area contributed by atoms with E-state index in [1.54, 1.807) is 47.5 Å². The summed E-state index contributed by atoms with van der Waals surface area (Å²) in [6, 6.07) is 7.72. The molecule has 1 aromatic heterocycles. The van der Waals surface area contributed by atoms with Gasteiger partial charge in [-0.05, 0) is 29.8 Å². The smallest absolute Gasteiger partial charge is 0.355 e. The van der Waals surface area contributed by atoms with Crippen LogP contribution in [0.25, 0.3) is 0 Å². The van der Waals surface area contributed by atoms with Crippen LogP contribution in [0.15, 0.2) is 84.5 Å². The van der Waals surface area contributed by atoms with Crippen LogP contribution >= 0.6 is 0 Å². The van der Waals surface area contributed by atoms with Crippen molar-refractivity contribution in [2.75, 3.05) is 0 Å². The highest BCUT2D eigenvalue weighted by atomic mass is 19.4. The van der Waals surface area contributed by atoms with Gasteiger partial charge < -0.3 is 15.5 Å². The number of H-pyrrole nitrogens is 1. The van der Waals surface area contributed by atoms with Gasteiger partial charge in [0.05, 0.1) is 5.70 Å². The standard InChI is InChI=1S/C21H16F4N4O/c22-14-9-7-13(8-10-14)19-27-17(16-6-2-4-12-29(16)19)20(30)28-18(21(23,24)25)15-5-1-3-11-26-15/h1-12,18-19,27H,(H,28,30)/p+1. The average Bonchev–Trinajstić information content (AvgIpc) is 3.12. The first-order chi connectivity index (χ1) is 14.3. The predicted molar refractivity (Wildman–Crippen MR) is 99.4 cm³/mol. The first-order valence-electron chi connectivity index (χ1n) is 9.08. The van der Waals surface area contributed by atoms with E-state index < -0.39 is 30.1 Å². The summed E-state index contributed by atoms with van der Waals surface area (Å²) in [7, 11) is 0. The van der Waals surface area contributed by atoms with Crippen LogP contribution in [-0.2, 0) is 4.79 Å². The van der Waals surface area contributed by atoms with Crippen LogP contribution in [0.4, 0.5) is 17.6 Å². The van der Waals surface area contributed by atoms with Crippen molar-refractivity contribution in [1.82, 2.24) is 15.5 Å². The van der Waals surface area contributed by atoms with Gasteiger partial charge >= 0.3 is 6.18 Å². The summed E-state index contributed by atoms with van der Waals surface area (Å²) >= 11 is 0. The third-order valence-corrected chi connectivity index (χ3v) is 4.77. The minimum atomic E-state index is -4.70. The Morgan fingerprint density at radius 1 is 1.13 bits per heavy atom. The molecule has 9 heteroatoms. The summed E-state index contributed by atoms with van der Waals surface area (Å²) in [6.45, 7) is 0. The van der Waals surface area contributed by atoms with Crippen molar-refractivity contribution in [1.29, 1.82) is 0 Å². The lowest BCUT2D eigenvalue weighted by molar-refractivity contribution is -0.401. The van der Waals surface area contributed by atoms with Crippen molar-refractivity contribution in [2.24, 2.45) is 0 Å². The van der Waals surface area contributed by atoms with Crippen molar-refractivity contribution in [2.45, 2.75) is 18.4 Å². The minimum Gasteiger partial charge on any atom is -0.355 e. The van der Waals surface area contributed by atoms with Crippen molar-refractivity contribution >= 4 is 5.91 Å². The second kappa shape index (κ2) is 7.66. The molecule has 0 saturated heterocycles. The van der Waals surface area contributed by atoms with Gasteiger partial charge in [0.2, 0.25) is 11.7 Å². The van der Waals surface area contributed by atoms with Gasteiger partial charge in [0, 0.05) is 18.3 Å². The Labute approximate surface area is 169 Å². The van der Waals surface area contributed by atoms with E-state index in [-0.39, 0.29) is 11.4 Å². The van der Waals surface area contributed by atoms with E-state index in [0.29, 0.717) is 11.3 Å². The molecule has 0 aliphatic carbocycles. The lowest BCUT2D eigenvalue weighted by Crippen LogP contribution is -2.43. The summed E-state index contributed by atoms with van der Waals surface area (Å²) in [5, 5.41) is 5.04. The molecule has 2 aliphatic heterocycles. The Morgan fingerprint density at radius 3 is 2.57 bits per heavy atom. The number of hydrogen-bond donors (Lipinski definition) is 2. The quantitative estimate of drug-likeness (QED) is 0.751. The number of aromatic nitrogens is 1. The Bertz CT molecular complexity index is 1030.